The lowest BCUT2D eigenvalue weighted by atomic mass is 9.84. The van der Waals surface area contributed by atoms with Crippen LogP contribution >= 0.6 is 43.2 Å². The molecular formula is C22H12Br2N4OS. The van der Waals surface area contributed by atoms with Gasteiger partial charge in [0.25, 0.3) is 5.56 Å². The summed E-state index contributed by atoms with van der Waals surface area (Å²) in [6.07, 6.45) is 1.76. The highest BCUT2D eigenvalue weighted by molar-refractivity contribution is 9.10. The Morgan fingerprint density at radius 2 is 1.53 bits per heavy atom. The van der Waals surface area contributed by atoms with E-state index in [2.05, 4.69) is 44.0 Å². The number of nitriles is 2. The minimum absolute atomic E-state index is 0.0659. The van der Waals surface area contributed by atoms with Crippen molar-refractivity contribution in [3.8, 4) is 12.1 Å². The topological polar surface area (TPSA) is 95.6 Å². The van der Waals surface area contributed by atoms with Crippen LogP contribution in [0.5, 0.6) is 0 Å². The molecule has 2 N–H and O–H groups in total. The predicted molar refractivity (Wildman–Crippen MR) is 124 cm³/mol. The molecule has 0 spiro atoms. The lowest BCUT2D eigenvalue weighted by Gasteiger charge is -2.22. The zero-order chi connectivity index (χ0) is 21.4. The summed E-state index contributed by atoms with van der Waals surface area (Å²) < 4.78 is 3.99. The van der Waals surface area contributed by atoms with Gasteiger partial charge >= 0.3 is 0 Å². The second kappa shape index (κ2) is 8.08. The van der Waals surface area contributed by atoms with Crippen molar-refractivity contribution in [2.75, 3.05) is 0 Å². The van der Waals surface area contributed by atoms with Crippen LogP contribution in [0.4, 0.5) is 0 Å². The SMILES string of the molecule is N#CC1=C(N)n2c(s/c(=C/c3ccc(Br)cc3)c2=O)=C(C#N)C1c1ccc(Br)cc1. The van der Waals surface area contributed by atoms with Crippen molar-refractivity contribution in [3.05, 3.63) is 93.7 Å². The van der Waals surface area contributed by atoms with Crippen LogP contribution in [0.1, 0.15) is 17.0 Å². The molecular weight excluding hydrogens is 528 g/mol. The van der Waals surface area contributed by atoms with Crippen molar-refractivity contribution in [2.24, 2.45) is 5.73 Å². The van der Waals surface area contributed by atoms with Crippen LogP contribution in [0.3, 0.4) is 0 Å². The molecule has 2 heterocycles. The first-order chi connectivity index (χ1) is 14.4. The Bertz CT molecular complexity index is 1450. The van der Waals surface area contributed by atoms with Gasteiger partial charge in [-0.2, -0.15) is 10.5 Å². The first-order valence-electron chi connectivity index (χ1n) is 8.73. The van der Waals surface area contributed by atoms with Crippen molar-refractivity contribution in [1.29, 1.82) is 10.5 Å². The molecule has 1 atom stereocenters. The number of fused-ring (bicyclic) bond motifs is 1. The average Bonchev–Trinajstić information content (AvgIpc) is 3.06. The van der Waals surface area contributed by atoms with E-state index in [1.165, 1.54) is 15.9 Å². The van der Waals surface area contributed by atoms with Gasteiger partial charge in [-0.25, -0.2) is 0 Å². The van der Waals surface area contributed by atoms with Gasteiger partial charge in [0.15, 0.2) is 0 Å². The van der Waals surface area contributed by atoms with Gasteiger partial charge in [0.2, 0.25) is 0 Å². The number of hydrogen-bond acceptors (Lipinski definition) is 5. The largest absolute Gasteiger partial charge is 0.384 e. The summed E-state index contributed by atoms with van der Waals surface area (Å²) in [6.45, 7) is 0. The van der Waals surface area contributed by atoms with Gasteiger partial charge in [-0.3, -0.25) is 9.36 Å². The molecule has 0 saturated heterocycles. The number of halogens is 2. The Balaban J connectivity index is 2.04. The quantitative estimate of drug-likeness (QED) is 0.540. The first kappa shape index (κ1) is 20.4. The predicted octanol–water partition coefficient (Wildman–Crippen LogP) is 3.39. The number of nitrogens with zero attached hydrogens (tertiary/aromatic N) is 3. The molecule has 0 aliphatic carbocycles. The summed E-state index contributed by atoms with van der Waals surface area (Å²) in [6, 6.07) is 19.2. The highest BCUT2D eigenvalue weighted by Gasteiger charge is 2.32. The van der Waals surface area contributed by atoms with E-state index < -0.39 is 5.92 Å². The maximum Gasteiger partial charge on any atom is 0.274 e. The van der Waals surface area contributed by atoms with Gasteiger partial charge in [-0.1, -0.05) is 56.1 Å². The van der Waals surface area contributed by atoms with E-state index >= 15 is 0 Å². The highest BCUT2D eigenvalue weighted by Crippen LogP contribution is 2.35. The second-order valence-corrected chi connectivity index (χ2v) is 9.39. The molecule has 8 heteroatoms. The van der Waals surface area contributed by atoms with Crippen molar-refractivity contribution in [2.45, 2.75) is 5.92 Å². The minimum atomic E-state index is -0.619. The second-order valence-electron chi connectivity index (χ2n) is 6.53. The third-order valence-corrected chi connectivity index (χ3v) is 6.93. The lowest BCUT2D eigenvalue weighted by Crippen LogP contribution is -2.38. The minimum Gasteiger partial charge on any atom is -0.384 e. The molecule has 4 rings (SSSR count). The van der Waals surface area contributed by atoms with Crippen LogP contribution in [0, 0.1) is 22.7 Å². The number of allylic oxidation sites excluding steroid dienone is 1. The fourth-order valence-corrected chi connectivity index (χ4v) is 5.01. The number of aromatic nitrogens is 1. The Morgan fingerprint density at radius 3 is 2.10 bits per heavy atom. The molecule has 0 bridgehead atoms. The fourth-order valence-electron chi connectivity index (χ4n) is 3.35. The maximum absolute atomic E-state index is 13.1. The molecule has 146 valence electrons. The summed E-state index contributed by atoms with van der Waals surface area (Å²) in [7, 11) is 0. The van der Waals surface area contributed by atoms with Gasteiger partial charge < -0.3 is 5.73 Å². The summed E-state index contributed by atoms with van der Waals surface area (Å²) in [5.74, 6) is -0.553. The van der Waals surface area contributed by atoms with Crippen molar-refractivity contribution >= 4 is 60.7 Å². The molecule has 0 amide bonds. The fraction of sp³-hybridized carbons (Fsp3) is 0.0455. The molecule has 5 nitrogen and oxygen atoms in total. The van der Waals surface area contributed by atoms with E-state index in [9.17, 15) is 15.3 Å². The van der Waals surface area contributed by atoms with Crippen LogP contribution in [0.25, 0.3) is 17.5 Å². The number of rotatable bonds is 2. The third kappa shape index (κ3) is 3.44. The van der Waals surface area contributed by atoms with Gasteiger partial charge in [-0.05, 0) is 41.5 Å². The molecule has 0 saturated carbocycles. The highest BCUT2D eigenvalue weighted by atomic mass is 79.9. The molecule has 2 aromatic carbocycles. The van der Waals surface area contributed by atoms with Crippen molar-refractivity contribution in [1.82, 2.24) is 4.57 Å². The van der Waals surface area contributed by atoms with Crippen molar-refractivity contribution in [3.63, 3.8) is 0 Å². The summed E-state index contributed by atoms with van der Waals surface area (Å²) in [5, 5.41) is 19.8. The molecule has 1 unspecified atom stereocenters. The molecule has 3 aromatic rings. The summed E-state index contributed by atoms with van der Waals surface area (Å²) in [4.78, 5) is 13.1. The monoisotopic (exact) mass is 538 g/mol. The molecule has 1 aromatic heterocycles. The van der Waals surface area contributed by atoms with E-state index in [4.69, 9.17) is 5.73 Å². The van der Waals surface area contributed by atoms with Crippen LogP contribution in [0.15, 0.2) is 67.8 Å². The molecule has 1 aliphatic rings. The molecule has 0 radical (unpaired) electrons. The summed E-state index contributed by atoms with van der Waals surface area (Å²) in [5.41, 5.74) is 8.07. The molecule has 0 fully saturated rings. The number of benzene rings is 2. The Kier molecular flexibility index (Phi) is 5.48. The van der Waals surface area contributed by atoms with E-state index in [-0.39, 0.29) is 17.0 Å². The third-order valence-electron chi connectivity index (χ3n) is 4.76. The average molecular weight is 540 g/mol. The number of nitrogens with two attached hydrogens (primary N) is 1. The standard InChI is InChI=1S/C22H12Br2N4OS/c23-14-5-1-12(2-6-14)9-18-21(29)28-20(27)16(10-25)19(17(11-26)22(28)30-18)13-3-7-15(24)8-4-13/h1-9,19H,27H2/b18-9+. The van der Waals surface area contributed by atoms with E-state index in [0.29, 0.717) is 14.8 Å². The Morgan fingerprint density at radius 1 is 0.967 bits per heavy atom. The molecule has 1 aliphatic heterocycles. The van der Waals surface area contributed by atoms with Gasteiger partial charge in [-0.15, -0.1) is 11.3 Å². The van der Waals surface area contributed by atoms with Crippen molar-refractivity contribution < 1.29 is 0 Å². The van der Waals surface area contributed by atoms with E-state index in [1.807, 2.05) is 48.5 Å². The smallest absolute Gasteiger partial charge is 0.274 e. The van der Waals surface area contributed by atoms with Crippen LogP contribution in [-0.2, 0) is 0 Å². The molecule has 30 heavy (non-hydrogen) atoms. The zero-order valence-corrected chi connectivity index (χ0v) is 19.3. The Hall–Kier alpha value is -2.91. The Labute approximate surface area is 192 Å². The van der Waals surface area contributed by atoms with Crippen LogP contribution < -0.4 is 20.5 Å². The van der Waals surface area contributed by atoms with Gasteiger partial charge in [0.05, 0.1) is 33.7 Å². The lowest BCUT2D eigenvalue weighted by molar-refractivity contribution is 0.906. The van der Waals surface area contributed by atoms with E-state index in [1.54, 1.807) is 6.08 Å². The van der Waals surface area contributed by atoms with Gasteiger partial charge in [0, 0.05) is 8.95 Å². The zero-order valence-electron chi connectivity index (χ0n) is 15.3. The van der Waals surface area contributed by atoms with E-state index in [0.717, 1.165) is 20.1 Å². The van der Waals surface area contributed by atoms with Crippen LogP contribution in [-0.4, -0.2) is 4.57 Å². The maximum atomic E-state index is 13.1. The normalized spacial score (nSPS) is 16.2. The summed E-state index contributed by atoms with van der Waals surface area (Å²) >= 11 is 7.99. The number of hydrogen-bond donors (Lipinski definition) is 1. The number of thiazole rings is 1. The van der Waals surface area contributed by atoms with Gasteiger partial charge in [0.1, 0.15) is 10.5 Å². The first-order valence-corrected chi connectivity index (χ1v) is 11.1. The van der Waals surface area contributed by atoms with Crippen LogP contribution in [0.2, 0.25) is 0 Å².